The Morgan fingerprint density at radius 3 is 2.32 bits per heavy atom. The molecule has 0 saturated carbocycles. The van der Waals surface area contributed by atoms with Crippen LogP contribution in [-0.4, -0.2) is 17.4 Å². The normalized spacial score (nSPS) is 13.4. The van der Waals surface area contributed by atoms with Crippen molar-refractivity contribution in [2.45, 2.75) is 60.3 Å². The molecule has 0 aliphatic carbocycles. The molecule has 0 spiro atoms. The highest BCUT2D eigenvalue weighted by Crippen LogP contribution is 2.23. The third kappa shape index (κ3) is 7.51. The fourth-order valence-corrected chi connectivity index (χ4v) is 2.52. The van der Waals surface area contributed by atoms with E-state index in [1.807, 2.05) is 13.8 Å². The Bertz CT molecular complexity index is 301. The maximum absolute atomic E-state index is 12.1. The predicted molar refractivity (Wildman–Crippen MR) is 86.0 cm³/mol. The van der Waals surface area contributed by atoms with Crippen LogP contribution in [-0.2, 0) is 4.79 Å². The summed E-state index contributed by atoms with van der Waals surface area (Å²) < 4.78 is 0. The Balaban J connectivity index is 4.29. The molecule has 0 fully saturated rings. The molecule has 0 saturated heterocycles. The molecule has 0 aliphatic heterocycles. The van der Waals surface area contributed by atoms with Gasteiger partial charge in [0, 0.05) is 6.54 Å². The summed E-state index contributed by atoms with van der Waals surface area (Å²) in [5.74, 6) is -0.256. The first kappa shape index (κ1) is 18.4. The van der Waals surface area contributed by atoms with E-state index in [1.165, 1.54) is 19.3 Å². The van der Waals surface area contributed by atoms with Gasteiger partial charge in [-0.3, -0.25) is 4.79 Å². The van der Waals surface area contributed by atoms with Gasteiger partial charge in [-0.2, -0.15) is 0 Å². The lowest BCUT2D eigenvalue weighted by Gasteiger charge is -2.27. The Hall–Kier alpha value is -0.640. The number of amides is 1. The highest BCUT2D eigenvalue weighted by atomic mass is 32.1. The summed E-state index contributed by atoms with van der Waals surface area (Å²) >= 11 is 4.98. The summed E-state index contributed by atoms with van der Waals surface area (Å²) in [6.45, 7) is 11.2. The van der Waals surface area contributed by atoms with Gasteiger partial charge in [0.15, 0.2) is 0 Å². The summed E-state index contributed by atoms with van der Waals surface area (Å²) in [5, 5.41) is 3.01. The van der Waals surface area contributed by atoms with E-state index in [0.717, 1.165) is 6.42 Å². The summed E-state index contributed by atoms with van der Waals surface area (Å²) in [7, 11) is 0. The Morgan fingerprint density at radius 2 is 1.89 bits per heavy atom. The maximum Gasteiger partial charge on any atom is 0.230 e. The summed E-state index contributed by atoms with van der Waals surface area (Å²) in [5.41, 5.74) is 5.77. The van der Waals surface area contributed by atoms with Gasteiger partial charge < -0.3 is 11.1 Å². The van der Waals surface area contributed by atoms with Crippen molar-refractivity contribution in [2.75, 3.05) is 6.54 Å². The van der Waals surface area contributed by atoms with Crippen molar-refractivity contribution in [3.63, 3.8) is 0 Å². The molecule has 0 aromatic rings. The van der Waals surface area contributed by atoms with Crippen LogP contribution in [0.15, 0.2) is 0 Å². The Labute approximate surface area is 123 Å². The molecule has 112 valence electrons. The van der Waals surface area contributed by atoms with Crippen molar-refractivity contribution in [2.24, 2.45) is 23.0 Å². The molecule has 1 unspecified atom stereocenters. The van der Waals surface area contributed by atoms with Crippen LogP contribution in [0.1, 0.15) is 60.3 Å². The number of rotatable bonds is 9. The minimum atomic E-state index is -0.360. The van der Waals surface area contributed by atoms with Crippen LogP contribution in [0.3, 0.4) is 0 Å². The monoisotopic (exact) mass is 286 g/mol. The van der Waals surface area contributed by atoms with E-state index in [9.17, 15) is 4.79 Å². The van der Waals surface area contributed by atoms with E-state index >= 15 is 0 Å². The first-order valence-electron chi connectivity index (χ1n) is 7.28. The fourth-order valence-electron chi connectivity index (χ4n) is 2.14. The average Bonchev–Trinajstić information content (AvgIpc) is 2.25. The van der Waals surface area contributed by atoms with Gasteiger partial charge in [-0.05, 0) is 17.8 Å². The second kappa shape index (κ2) is 8.51. The van der Waals surface area contributed by atoms with Crippen LogP contribution in [0.4, 0.5) is 0 Å². The topological polar surface area (TPSA) is 55.1 Å². The summed E-state index contributed by atoms with van der Waals surface area (Å²) in [6.07, 6.45) is 4.81. The predicted octanol–water partition coefficient (Wildman–Crippen LogP) is 3.27. The van der Waals surface area contributed by atoms with Crippen LogP contribution in [0.5, 0.6) is 0 Å². The number of thiocarbonyl (C=S) groups is 1. The zero-order valence-corrected chi connectivity index (χ0v) is 13.9. The van der Waals surface area contributed by atoms with Gasteiger partial charge in [-0.15, -0.1) is 0 Å². The number of unbranched alkanes of at least 4 members (excludes halogenated alkanes) is 2. The highest BCUT2D eigenvalue weighted by molar-refractivity contribution is 7.80. The number of carbonyl (C=O) groups excluding carboxylic acids is 1. The van der Waals surface area contributed by atoms with Gasteiger partial charge in [0.05, 0.1) is 10.9 Å². The second-order valence-electron chi connectivity index (χ2n) is 6.46. The zero-order valence-electron chi connectivity index (χ0n) is 13.1. The van der Waals surface area contributed by atoms with Crippen molar-refractivity contribution >= 4 is 23.1 Å². The third-order valence-electron chi connectivity index (χ3n) is 3.45. The van der Waals surface area contributed by atoms with Crippen molar-refractivity contribution in [1.29, 1.82) is 0 Å². The largest absolute Gasteiger partial charge is 0.393 e. The number of nitrogens with one attached hydrogen (secondary N) is 1. The molecule has 0 radical (unpaired) electrons. The maximum atomic E-state index is 12.1. The van der Waals surface area contributed by atoms with Crippen molar-refractivity contribution < 1.29 is 4.79 Å². The van der Waals surface area contributed by atoms with E-state index in [2.05, 4.69) is 26.1 Å². The molecule has 1 atom stereocenters. The van der Waals surface area contributed by atoms with E-state index in [0.29, 0.717) is 6.54 Å². The molecule has 0 aromatic carbocycles. The van der Waals surface area contributed by atoms with Gasteiger partial charge in [0.25, 0.3) is 0 Å². The molecule has 0 bridgehead atoms. The second-order valence-corrected chi connectivity index (χ2v) is 6.93. The fraction of sp³-hybridized carbons (Fsp3) is 0.867. The number of hydrogen-bond donors (Lipinski definition) is 2. The molecule has 0 heterocycles. The van der Waals surface area contributed by atoms with E-state index in [-0.39, 0.29) is 28.1 Å². The molecule has 0 aliphatic rings. The van der Waals surface area contributed by atoms with Crippen LogP contribution in [0.2, 0.25) is 0 Å². The van der Waals surface area contributed by atoms with Crippen molar-refractivity contribution in [1.82, 2.24) is 5.32 Å². The van der Waals surface area contributed by atoms with Crippen molar-refractivity contribution in [3.8, 4) is 0 Å². The summed E-state index contributed by atoms with van der Waals surface area (Å²) in [4.78, 5) is 12.4. The molecule has 1 amide bonds. The molecule has 3 N–H and O–H groups in total. The lowest BCUT2D eigenvalue weighted by Crippen LogP contribution is -2.43. The van der Waals surface area contributed by atoms with Crippen molar-refractivity contribution in [3.05, 3.63) is 0 Å². The first-order chi connectivity index (χ1) is 8.71. The van der Waals surface area contributed by atoms with Gasteiger partial charge >= 0.3 is 0 Å². The van der Waals surface area contributed by atoms with Crippen LogP contribution in [0.25, 0.3) is 0 Å². The molecule has 0 aromatic heterocycles. The van der Waals surface area contributed by atoms with Crippen LogP contribution >= 0.6 is 12.2 Å². The van der Waals surface area contributed by atoms with E-state index in [4.69, 9.17) is 18.0 Å². The van der Waals surface area contributed by atoms with Gasteiger partial charge in [0.1, 0.15) is 0 Å². The number of nitrogens with two attached hydrogens (primary N) is 1. The minimum absolute atomic E-state index is 0.0360. The van der Waals surface area contributed by atoms with Crippen LogP contribution in [0, 0.1) is 17.3 Å². The molecular weight excluding hydrogens is 256 g/mol. The smallest absolute Gasteiger partial charge is 0.230 e. The van der Waals surface area contributed by atoms with E-state index in [1.54, 1.807) is 0 Å². The third-order valence-corrected chi connectivity index (χ3v) is 3.71. The van der Waals surface area contributed by atoms with E-state index < -0.39 is 0 Å². The zero-order chi connectivity index (χ0) is 15.1. The molecule has 3 nitrogen and oxygen atoms in total. The Morgan fingerprint density at radius 1 is 1.32 bits per heavy atom. The Kier molecular flexibility index (Phi) is 8.23. The molecule has 19 heavy (non-hydrogen) atoms. The lowest BCUT2D eigenvalue weighted by atomic mass is 9.86. The van der Waals surface area contributed by atoms with Gasteiger partial charge in [-0.1, -0.05) is 66.1 Å². The highest BCUT2D eigenvalue weighted by Gasteiger charge is 2.26. The van der Waals surface area contributed by atoms with Gasteiger partial charge in [0.2, 0.25) is 5.91 Å². The number of hydrogen-bond acceptors (Lipinski definition) is 2. The molecule has 4 heteroatoms. The molecule has 0 rings (SSSR count). The van der Waals surface area contributed by atoms with Crippen LogP contribution < -0.4 is 11.1 Å². The number of carbonyl (C=O) groups is 1. The average molecular weight is 286 g/mol. The SMILES string of the molecule is CCCCCC(C)(C)CNC(=O)C(C(N)=S)C(C)C. The summed E-state index contributed by atoms with van der Waals surface area (Å²) in [6, 6.07) is 0. The lowest BCUT2D eigenvalue weighted by molar-refractivity contribution is -0.124. The van der Waals surface area contributed by atoms with Gasteiger partial charge in [-0.25, -0.2) is 0 Å². The first-order valence-corrected chi connectivity index (χ1v) is 7.69. The minimum Gasteiger partial charge on any atom is -0.393 e. The standard InChI is InChI=1S/C15H30N2OS/c1-6-7-8-9-15(4,5)10-17-14(18)12(11(2)3)13(16)19/h11-12H,6-10H2,1-5H3,(H2,16,19)(H,17,18). The molecular formula is C15H30N2OS. The quantitative estimate of drug-likeness (QED) is 0.505.